The largest absolute Gasteiger partial charge is 0.466 e. The summed E-state index contributed by atoms with van der Waals surface area (Å²) in [5.41, 5.74) is 4.40. The van der Waals surface area contributed by atoms with E-state index in [9.17, 15) is 4.79 Å². The summed E-state index contributed by atoms with van der Waals surface area (Å²) < 4.78 is 7.53. The highest BCUT2D eigenvalue weighted by Gasteiger charge is 2.36. The standard InChI is InChI=1S/C19H27N3O2/c1-11-10-16(15(5)24-11)12(2)19(23)22-9-7-8-17(22)18-13(3)20-21(6)14(18)4/h10,12,17H,7-9H2,1-6H3/t12-,17-/m1/s1. The van der Waals surface area contributed by atoms with E-state index in [0.717, 1.165) is 47.9 Å². The van der Waals surface area contributed by atoms with E-state index in [1.807, 2.05) is 50.4 Å². The van der Waals surface area contributed by atoms with Gasteiger partial charge in [-0.05, 0) is 53.5 Å². The monoisotopic (exact) mass is 329 g/mol. The molecule has 0 bridgehead atoms. The Balaban J connectivity index is 1.90. The van der Waals surface area contributed by atoms with Crippen LogP contribution in [0.3, 0.4) is 0 Å². The Labute approximate surface area is 143 Å². The molecule has 2 aromatic rings. The SMILES string of the molecule is Cc1cc([C@@H](C)C(=O)N2CCC[C@@H]2c2c(C)nn(C)c2C)c(C)o1. The molecule has 3 heterocycles. The van der Waals surface area contributed by atoms with E-state index in [4.69, 9.17) is 4.42 Å². The molecule has 1 amide bonds. The van der Waals surface area contributed by atoms with Gasteiger partial charge in [0.2, 0.25) is 5.91 Å². The van der Waals surface area contributed by atoms with Gasteiger partial charge in [-0.25, -0.2) is 0 Å². The maximum atomic E-state index is 13.2. The van der Waals surface area contributed by atoms with Crippen LogP contribution >= 0.6 is 0 Å². The molecule has 2 atom stereocenters. The van der Waals surface area contributed by atoms with Crippen LogP contribution in [0.5, 0.6) is 0 Å². The second kappa shape index (κ2) is 6.11. The van der Waals surface area contributed by atoms with Crippen LogP contribution in [0.2, 0.25) is 0 Å². The van der Waals surface area contributed by atoms with Gasteiger partial charge in [-0.15, -0.1) is 0 Å². The van der Waals surface area contributed by atoms with E-state index < -0.39 is 0 Å². The average Bonchev–Trinajstić information content (AvgIpc) is 3.17. The van der Waals surface area contributed by atoms with E-state index in [-0.39, 0.29) is 17.9 Å². The van der Waals surface area contributed by atoms with Crippen molar-refractivity contribution >= 4 is 5.91 Å². The zero-order valence-electron chi connectivity index (χ0n) is 15.5. The third kappa shape index (κ3) is 2.66. The number of furan rings is 1. The highest BCUT2D eigenvalue weighted by molar-refractivity contribution is 5.84. The molecule has 3 rings (SSSR count). The minimum absolute atomic E-state index is 0.141. The smallest absolute Gasteiger partial charge is 0.230 e. The minimum Gasteiger partial charge on any atom is -0.466 e. The van der Waals surface area contributed by atoms with Gasteiger partial charge in [-0.1, -0.05) is 0 Å². The van der Waals surface area contributed by atoms with Crippen LogP contribution in [-0.4, -0.2) is 27.1 Å². The third-order valence-corrected chi connectivity index (χ3v) is 5.35. The van der Waals surface area contributed by atoms with Gasteiger partial charge in [0.1, 0.15) is 11.5 Å². The predicted molar refractivity (Wildman–Crippen MR) is 93.0 cm³/mol. The molecular formula is C19H27N3O2. The van der Waals surface area contributed by atoms with Crippen molar-refractivity contribution in [3.05, 3.63) is 40.1 Å². The van der Waals surface area contributed by atoms with Crippen LogP contribution in [-0.2, 0) is 11.8 Å². The number of likely N-dealkylation sites (tertiary alicyclic amines) is 1. The summed E-state index contributed by atoms with van der Waals surface area (Å²) >= 11 is 0. The van der Waals surface area contributed by atoms with Crippen molar-refractivity contribution in [3.8, 4) is 0 Å². The lowest BCUT2D eigenvalue weighted by Crippen LogP contribution is -2.34. The molecule has 0 spiro atoms. The Morgan fingerprint density at radius 3 is 2.58 bits per heavy atom. The number of carbonyl (C=O) groups is 1. The van der Waals surface area contributed by atoms with Gasteiger partial charge in [-0.3, -0.25) is 9.48 Å². The van der Waals surface area contributed by atoms with Gasteiger partial charge < -0.3 is 9.32 Å². The number of hydrogen-bond donors (Lipinski definition) is 0. The summed E-state index contributed by atoms with van der Waals surface area (Å²) in [5, 5.41) is 4.53. The second-order valence-corrected chi connectivity index (χ2v) is 6.99. The number of carbonyl (C=O) groups excluding carboxylic acids is 1. The van der Waals surface area contributed by atoms with E-state index in [2.05, 4.69) is 12.0 Å². The van der Waals surface area contributed by atoms with Crippen LogP contribution in [0, 0.1) is 27.7 Å². The molecule has 0 saturated carbocycles. The van der Waals surface area contributed by atoms with Gasteiger partial charge >= 0.3 is 0 Å². The molecular weight excluding hydrogens is 302 g/mol. The quantitative estimate of drug-likeness (QED) is 0.862. The third-order valence-electron chi connectivity index (χ3n) is 5.35. The lowest BCUT2D eigenvalue weighted by atomic mass is 9.97. The first-order chi connectivity index (χ1) is 11.3. The van der Waals surface area contributed by atoms with Crippen LogP contribution in [0.25, 0.3) is 0 Å². The van der Waals surface area contributed by atoms with E-state index in [1.165, 1.54) is 5.56 Å². The summed E-state index contributed by atoms with van der Waals surface area (Å²) in [7, 11) is 1.97. The van der Waals surface area contributed by atoms with Gasteiger partial charge in [0, 0.05) is 30.4 Å². The second-order valence-electron chi connectivity index (χ2n) is 6.99. The Bertz CT molecular complexity index is 772. The zero-order valence-corrected chi connectivity index (χ0v) is 15.5. The number of rotatable bonds is 3. The van der Waals surface area contributed by atoms with Crippen molar-refractivity contribution in [1.82, 2.24) is 14.7 Å². The van der Waals surface area contributed by atoms with Crippen molar-refractivity contribution in [2.45, 2.75) is 59.4 Å². The summed E-state index contributed by atoms with van der Waals surface area (Å²) in [6.45, 7) is 10.8. The topological polar surface area (TPSA) is 51.3 Å². The molecule has 5 heteroatoms. The number of amides is 1. The maximum Gasteiger partial charge on any atom is 0.230 e. The number of hydrogen-bond acceptors (Lipinski definition) is 3. The summed E-state index contributed by atoms with van der Waals surface area (Å²) in [6.07, 6.45) is 2.05. The predicted octanol–water partition coefficient (Wildman–Crippen LogP) is 3.71. The molecule has 1 aliphatic heterocycles. The molecule has 1 fully saturated rings. The Morgan fingerprint density at radius 1 is 1.33 bits per heavy atom. The zero-order chi connectivity index (χ0) is 17.6. The van der Waals surface area contributed by atoms with Crippen molar-refractivity contribution < 1.29 is 9.21 Å². The van der Waals surface area contributed by atoms with Crippen LogP contribution in [0.15, 0.2) is 10.5 Å². The number of nitrogens with zero attached hydrogens (tertiary/aromatic N) is 3. The van der Waals surface area contributed by atoms with Crippen LogP contribution in [0.1, 0.15) is 65.8 Å². The van der Waals surface area contributed by atoms with Gasteiger partial charge in [0.15, 0.2) is 0 Å². The van der Waals surface area contributed by atoms with Crippen molar-refractivity contribution in [2.75, 3.05) is 6.54 Å². The summed E-state index contributed by atoms with van der Waals surface area (Å²) in [4.78, 5) is 15.2. The average molecular weight is 329 g/mol. The Morgan fingerprint density at radius 2 is 2.04 bits per heavy atom. The molecule has 1 aliphatic rings. The summed E-state index contributed by atoms with van der Waals surface area (Å²) in [6, 6.07) is 2.13. The molecule has 24 heavy (non-hydrogen) atoms. The van der Waals surface area contributed by atoms with Crippen LogP contribution in [0.4, 0.5) is 0 Å². The molecule has 5 nitrogen and oxygen atoms in total. The first kappa shape index (κ1) is 16.8. The fraction of sp³-hybridized carbons (Fsp3) is 0.579. The summed E-state index contributed by atoms with van der Waals surface area (Å²) in [5.74, 6) is 1.71. The first-order valence-corrected chi connectivity index (χ1v) is 8.68. The highest BCUT2D eigenvalue weighted by atomic mass is 16.3. The fourth-order valence-electron chi connectivity index (χ4n) is 4.06. The maximum absolute atomic E-state index is 13.2. The number of aromatic nitrogens is 2. The first-order valence-electron chi connectivity index (χ1n) is 8.68. The molecule has 1 saturated heterocycles. The van der Waals surface area contributed by atoms with Crippen molar-refractivity contribution in [2.24, 2.45) is 7.05 Å². The van der Waals surface area contributed by atoms with Crippen LogP contribution < -0.4 is 0 Å². The van der Waals surface area contributed by atoms with Gasteiger partial charge in [-0.2, -0.15) is 5.10 Å². The van der Waals surface area contributed by atoms with E-state index >= 15 is 0 Å². The lowest BCUT2D eigenvalue weighted by Gasteiger charge is -2.28. The van der Waals surface area contributed by atoms with E-state index in [1.54, 1.807) is 0 Å². The molecule has 0 aromatic carbocycles. The number of aryl methyl sites for hydroxylation is 4. The molecule has 0 aliphatic carbocycles. The lowest BCUT2D eigenvalue weighted by molar-refractivity contribution is -0.133. The molecule has 0 radical (unpaired) electrons. The minimum atomic E-state index is -0.180. The van der Waals surface area contributed by atoms with Crippen molar-refractivity contribution in [3.63, 3.8) is 0 Å². The molecule has 0 unspecified atom stereocenters. The Hall–Kier alpha value is -2.04. The van der Waals surface area contributed by atoms with Gasteiger partial charge in [0.25, 0.3) is 0 Å². The Kier molecular flexibility index (Phi) is 4.28. The van der Waals surface area contributed by atoms with E-state index in [0.29, 0.717) is 0 Å². The van der Waals surface area contributed by atoms with Gasteiger partial charge in [0.05, 0.1) is 17.7 Å². The molecule has 0 N–H and O–H groups in total. The normalized spacial score (nSPS) is 19.1. The fourth-order valence-corrected chi connectivity index (χ4v) is 4.06. The molecule has 130 valence electrons. The van der Waals surface area contributed by atoms with Crippen molar-refractivity contribution in [1.29, 1.82) is 0 Å². The highest BCUT2D eigenvalue weighted by Crippen LogP contribution is 2.38. The molecule has 2 aromatic heterocycles.